The molecule has 5 heteroatoms. The minimum atomic E-state index is 0.621. The van der Waals surface area contributed by atoms with Gasteiger partial charge in [-0.05, 0) is 48.8 Å². The van der Waals surface area contributed by atoms with Crippen molar-refractivity contribution in [2.45, 2.75) is 12.8 Å². The summed E-state index contributed by atoms with van der Waals surface area (Å²) in [5, 5.41) is 7.73. The summed E-state index contributed by atoms with van der Waals surface area (Å²) in [6.45, 7) is 0.808. The molecule has 3 nitrogen and oxygen atoms in total. The van der Waals surface area contributed by atoms with Crippen LogP contribution in [0.1, 0.15) is 12.0 Å². The van der Waals surface area contributed by atoms with E-state index in [-0.39, 0.29) is 0 Å². The van der Waals surface area contributed by atoms with Crippen molar-refractivity contribution in [3.8, 4) is 0 Å². The van der Waals surface area contributed by atoms with Crippen LogP contribution in [-0.4, -0.2) is 16.6 Å². The fraction of sp³-hybridized carbons (Fsp3) is 0.200. The van der Waals surface area contributed by atoms with Gasteiger partial charge in [-0.1, -0.05) is 29.8 Å². The first-order valence-electron chi connectivity index (χ1n) is 6.44. The summed E-state index contributed by atoms with van der Waals surface area (Å²) < 4.78 is 0. The summed E-state index contributed by atoms with van der Waals surface area (Å²) in [7, 11) is 0. The number of hydrogen-bond acceptors (Lipinski definition) is 2. The molecular weight excluding hydrogens is 290 g/mol. The summed E-state index contributed by atoms with van der Waals surface area (Å²) in [6.07, 6.45) is 5.36. The summed E-state index contributed by atoms with van der Waals surface area (Å²) >= 11 is 11.3. The topological polar surface area (TPSA) is 37.0 Å². The molecule has 0 fully saturated rings. The molecule has 104 valence electrons. The van der Waals surface area contributed by atoms with Crippen molar-refractivity contribution in [3.63, 3.8) is 0 Å². The van der Waals surface area contributed by atoms with Crippen LogP contribution in [0.25, 0.3) is 0 Å². The molecule has 1 heterocycles. The van der Waals surface area contributed by atoms with E-state index in [1.165, 1.54) is 5.56 Å². The molecule has 0 spiro atoms. The number of benzene rings is 1. The van der Waals surface area contributed by atoms with Crippen LogP contribution < -0.4 is 10.6 Å². The van der Waals surface area contributed by atoms with Crippen LogP contribution in [0.2, 0.25) is 5.02 Å². The van der Waals surface area contributed by atoms with Crippen molar-refractivity contribution in [1.29, 1.82) is 0 Å². The number of hydrogen-bond donors (Lipinski definition) is 2. The molecule has 0 radical (unpaired) electrons. The summed E-state index contributed by atoms with van der Waals surface area (Å²) in [6, 6.07) is 11.7. The molecule has 0 unspecified atom stereocenters. The van der Waals surface area contributed by atoms with Gasteiger partial charge >= 0.3 is 0 Å². The Morgan fingerprint density at radius 1 is 1.15 bits per heavy atom. The molecule has 2 aromatic rings. The predicted octanol–water partition coefficient (Wildman–Crippen LogP) is 3.65. The molecule has 1 aromatic carbocycles. The third kappa shape index (κ3) is 4.79. The summed E-state index contributed by atoms with van der Waals surface area (Å²) in [5.41, 5.74) is 2.10. The number of aromatic nitrogens is 1. The van der Waals surface area contributed by atoms with Gasteiger partial charge in [-0.3, -0.25) is 4.98 Å². The molecule has 0 saturated heterocycles. The molecule has 0 aliphatic rings. The first-order chi connectivity index (χ1) is 9.75. The lowest BCUT2D eigenvalue weighted by Crippen LogP contribution is -2.29. The zero-order valence-electron chi connectivity index (χ0n) is 11.0. The van der Waals surface area contributed by atoms with Crippen molar-refractivity contribution < 1.29 is 0 Å². The smallest absolute Gasteiger partial charge is 0.170 e. The molecule has 0 bridgehead atoms. The van der Waals surface area contributed by atoms with Crippen LogP contribution in [-0.2, 0) is 6.42 Å². The Balaban J connectivity index is 1.69. The second kappa shape index (κ2) is 7.82. The third-order valence-corrected chi connectivity index (χ3v) is 3.42. The molecule has 1 aromatic heterocycles. The number of thiocarbonyl (C=S) groups is 1. The summed E-state index contributed by atoms with van der Waals surface area (Å²) in [4.78, 5) is 3.95. The van der Waals surface area contributed by atoms with Crippen molar-refractivity contribution in [2.24, 2.45) is 0 Å². The number of rotatable bonds is 5. The SMILES string of the molecule is S=C(NCCCc1ccccc1Cl)Nc1ccncc1. The van der Waals surface area contributed by atoms with Gasteiger partial charge in [0.15, 0.2) is 5.11 Å². The number of halogens is 1. The Bertz CT molecular complexity index is 560. The lowest BCUT2D eigenvalue weighted by atomic mass is 10.1. The maximum absolute atomic E-state index is 6.11. The van der Waals surface area contributed by atoms with E-state index in [2.05, 4.69) is 21.7 Å². The fourth-order valence-corrected chi connectivity index (χ4v) is 2.24. The highest BCUT2D eigenvalue weighted by Crippen LogP contribution is 2.16. The number of anilines is 1. The average Bonchev–Trinajstić information content (AvgIpc) is 2.46. The molecular formula is C15H16ClN3S. The van der Waals surface area contributed by atoms with Crippen LogP contribution in [0, 0.1) is 0 Å². The van der Waals surface area contributed by atoms with Crippen molar-refractivity contribution >= 4 is 34.6 Å². The maximum Gasteiger partial charge on any atom is 0.170 e. The molecule has 0 atom stereocenters. The molecule has 2 N–H and O–H groups in total. The van der Waals surface area contributed by atoms with E-state index in [1.807, 2.05) is 30.3 Å². The summed E-state index contributed by atoms with van der Waals surface area (Å²) in [5.74, 6) is 0. The minimum absolute atomic E-state index is 0.621. The molecule has 0 amide bonds. The van der Waals surface area contributed by atoms with E-state index in [1.54, 1.807) is 12.4 Å². The number of nitrogens with zero attached hydrogens (tertiary/aromatic N) is 1. The minimum Gasteiger partial charge on any atom is -0.362 e. The zero-order chi connectivity index (χ0) is 14.2. The Labute approximate surface area is 129 Å². The van der Waals surface area contributed by atoms with Gasteiger partial charge in [0.1, 0.15) is 0 Å². The number of pyridine rings is 1. The van der Waals surface area contributed by atoms with Crippen LogP contribution in [0.15, 0.2) is 48.8 Å². The monoisotopic (exact) mass is 305 g/mol. The standard InChI is InChI=1S/C15H16ClN3S/c16-14-6-2-1-4-12(14)5-3-9-18-15(20)19-13-7-10-17-11-8-13/h1-2,4,6-8,10-11H,3,5,9H2,(H2,17,18,19,20). The van der Waals surface area contributed by atoms with E-state index in [0.717, 1.165) is 30.1 Å². The highest BCUT2D eigenvalue weighted by atomic mass is 35.5. The quantitative estimate of drug-likeness (QED) is 0.653. The van der Waals surface area contributed by atoms with Gasteiger partial charge in [0.2, 0.25) is 0 Å². The van der Waals surface area contributed by atoms with Gasteiger partial charge in [0.25, 0.3) is 0 Å². The Morgan fingerprint density at radius 2 is 1.90 bits per heavy atom. The lowest BCUT2D eigenvalue weighted by molar-refractivity contribution is 0.777. The normalized spacial score (nSPS) is 10.1. The van der Waals surface area contributed by atoms with Crippen LogP contribution >= 0.6 is 23.8 Å². The maximum atomic E-state index is 6.11. The molecule has 2 rings (SSSR count). The fourth-order valence-electron chi connectivity index (χ4n) is 1.79. The van der Waals surface area contributed by atoms with E-state index in [4.69, 9.17) is 23.8 Å². The highest BCUT2D eigenvalue weighted by Gasteiger charge is 2.00. The molecule has 0 aliphatic carbocycles. The largest absolute Gasteiger partial charge is 0.362 e. The molecule has 20 heavy (non-hydrogen) atoms. The lowest BCUT2D eigenvalue weighted by Gasteiger charge is -2.10. The first-order valence-corrected chi connectivity index (χ1v) is 7.22. The number of nitrogens with one attached hydrogen (secondary N) is 2. The van der Waals surface area contributed by atoms with Crippen molar-refractivity contribution in [2.75, 3.05) is 11.9 Å². The average molecular weight is 306 g/mol. The third-order valence-electron chi connectivity index (χ3n) is 2.80. The predicted molar refractivity (Wildman–Crippen MR) is 88.2 cm³/mol. The van der Waals surface area contributed by atoms with Gasteiger partial charge in [-0.2, -0.15) is 0 Å². The van der Waals surface area contributed by atoms with Gasteiger partial charge in [-0.25, -0.2) is 0 Å². The van der Waals surface area contributed by atoms with Gasteiger partial charge in [0, 0.05) is 29.6 Å². The molecule has 0 saturated carbocycles. The Morgan fingerprint density at radius 3 is 2.65 bits per heavy atom. The van der Waals surface area contributed by atoms with Gasteiger partial charge < -0.3 is 10.6 Å². The number of aryl methyl sites for hydroxylation is 1. The Hall–Kier alpha value is -1.65. The second-order valence-electron chi connectivity index (χ2n) is 4.31. The van der Waals surface area contributed by atoms with E-state index in [0.29, 0.717) is 5.11 Å². The van der Waals surface area contributed by atoms with Gasteiger partial charge in [0.05, 0.1) is 0 Å². The van der Waals surface area contributed by atoms with Crippen molar-refractivity contribution in [1.82, 2.24) is 10.3 Å². The van der Waals surface area contributed by atoms with Crippen LogP contribution in [0.3, 0.4) is 0 Å². The second-order valence-corrected chi connectivity index (χ2v) is 5.13. The van der Waals surface area contributed by atoms with E-state index < -0.39 is 0 Å². The van der Waals surface area contributed by atoms with Crippen LogP contribution in [0.4, 0.5) is 5.69 Å². The zero-order valence-corrected chi connectivity index (χ0v) is 12.5. The highest BCUT2D eigenvalue weighted by molar-refractivity contribution is 7.80. The van der Waals surface area contributed by atoms with E-state index in [9.17, 15) is 0 Å². The van der Waals surface area contributed by atoms with Crippen molar-refractivity contribution in [3.05, 3.63) is 59.4 Å². The Kier molecular flexibility index (Phi) is 5.77. The first kappa shape index (κ1) is 14.8. The van der Waals surface area contributed by atoms with Crippen LogP contribution in [0.5, 0.6) is 0 Å². The van der Waals surface area contributed by atoms with Gasteiger partial charge in [-0.15, -0.1) is 0 Å². The molecule has 0 aliphatic heterocycles. The van der Waals surface area contributed by atoms with E-state index >= 15 is 0 Å².